The SMILES string of the molecule is CCOC(=O)C1=C(C(OC)C2CCN(c3nc(N)c4cc(OC)c(OC)cc4n3)CC2)NC(C)=C(C(=O)OC)C1c1ccccc1Cl. The molecule has 12 nitrogen and oxygen atoms in total. The first kappa shape index (κ1) is 33.8. The second-order valence-corrected chi connectivity index (χ2v) is 11.7. The number of hydrogen-bond donors (Lipinski definition) is 2. The van der Waals surface area contributed by atoms with Gasteiger partial charge in [0.05, 0.1) is 56.2 Å². The average molecular weight is 666 g/mol. The third-order valence-corrected chi connectivity index (χ3v) is 9.06. The van der Waals surface area contributed by atoms with Crippen LogP contribution in [0.5, 0.6) is 11.5 Å². The van der Waals surface area contributed by atoms with Crippen LogP contribution in [-0.2, 0) is 23.8 Å². The van der Waals surface area contributed by atoms with Crippen LogP contribution < -0.4 is 25.4 Å². The number of dihydropyridines is 1. The fraction of sp³-hybridized carbons (Fsp3) is 0.412. The number of esters is 2. The van der Waals surface area contributed by atoms with Crippen LogP contribution in [0, 0.1) is 5.92 Å². The highest BCUT2D eigenvalue weighted by atomic mass is 35.5. The van der Waals surface area contributed by atoms with Gasteiger partial charge in [0, 0.05) is 42.4 Å². The zero-order chi connectivity index (χ0) is 33.8. The predicted octanol–water partition coefficient (Wildman–Crippen LogP) is 4.77. The zero-order valence-electron chi connectivity index (χ0n) is 27.4. The molecule has 0 aliphatic carbocycles. The van der Waals surface area contributed by atoms with Gasteiger partial charge in [0.1, 0.15) is 11.9 Å². The van der Waals surface area contributed by atoms with Crippen LogP contribution in [0.1, 0.15) is 38.2 Å². The number of ether oxygens (including phenoxy) is 5. The number of fused-ring (bicyclic) bond motifs is 1. The third-order valence-electron chi connectivity index (χ3n) is 8.72. The lowest BCUT2D eigenvalue weighted by molar-refractivity contribution is -0.139. The molecule has 13 heteroatoms. The maximum absolute atomic E-state index is 13.8. The lowest BCUT2D eigenvalue weighted by Crippen LogP contribution is -2.44. The summed E-state index contributed by atoms with van der Waals surface area (Å²) in [7, 11) is 6.05. The Morgan fingerprint density at radius 3 is 2.32 bits per heavy atom. The number of aromatic nitrogens is 2. The molecule has 0 saturated carbocycles. The number of halogens is 1. The molecule has 2 aliphatic heterocycles. The fourth-order valence-corrected chi connectivity index (χ4v) is 6.72. The van der Waals surface area contributed by atoms with E-state index in [2.05, 4.69) is 15.2 Å². The van der Waals surface area contributed by atoms with E-state index in [1.165, 1.54) is 7.11 Å². The average Bonchev–Trinajstić information content (AvgIpc) is 3.08. The third kappa shape index (κ3) is 6.52. The van der Waals surface area contributed by atoms with Gasteiger partial charge in [0.25, 0.3) is 0 Å². The van der Waals surface area contributed by atoms with E-state index in [-0.39, 0.29) is 23.7 Å². The lowest BCUT2D eigenvalue weighted by atomic mass is 9.77. The van der Waals surface area contributed by atoms with Gasteiger partial charge in [-0.2, -0.15) is 4.98 Å². The Hall–Kier alpha value is -4.55. The summed E-state index contributed by atoms with van der Waals surface area (Å²) < 4.78 is 27.8. The molecule has 3 N–H and O–H groups in total. The smallest absolute Gasteiger partial charge is 0.336 e. The van der Waals surface area contributed by atoms with Gasteiger partial charge in [-0.1, -0.05) is 29.8 Å². The predicted molar refractivity (Wildman–Crippen MR) is 178 cm³/mol. The molecule has 2 aliphatic rings. The van der Waals surface area contributed by atoms with Crippen LogP contribution in [0.15, 0.2) is 58.9 Å². The fourth-order valence-electron chi connectivity index (χ4n) is 6.47. The van der Waals surface area contributed by atoms with E-state index >= 15 is 0 Å². The summed E-state index contributed by atoms with van der Waals surface area (Å²) in [6, 6.07) is 10.7. The molecule has 1 saturated heterocycles. The molecular formula is C34H40ClN5O7. The number of hydrogen-bond acceptors (Lipinski definition) is 12. The number of allylic oxidation sites excluding steroid dienone is 1. The molecule has 2 unspecified atom stereocenters. The molecule has 3 heterocycles. The number of rotatable bonds is 10. The van der Waals surface area contributed by atoms with Crippen molar-refractivity contribution in [3.63, 3.8) is 0 Å². The first-order valence-electron chi connectivity index (χ1n) is 15.4. The van der Waals surface area contributed by atoms with Crippen molar-refractivity contribution in [2.45, 2.75) is 38.7 Å². The number of nitrogens with one attached hydrogen (secondary N) is 1. The van der Waals surface area contributed by atoms with E-state index in [1.54, 1.807) is 65.5 Å². The van der Waals surface area contributed by atoms with Crippen LogP contribution in [0.3, 0.4) is 0 Å². The second kappa shape index (κ2) is 14.5. The first-order valence-corrected chi connectivity index (χ1v) is 15.7. The Labute approximate surface area is 278 Å². The van der Waals surface area contributed by atoms with E-state index in [1.807, 2.05) is 6.07 Å². The highest BCUT2D eigenvalue weighted by Crippen LogP contribution is 2.44. The number of nitrogen functional groups attached to an aromatic ring is 1. The van der Waals surface area contributed by atoms with Crippen LogP contribution in [0.4, 0.5) is 11.8 Å². The number of nitrogens with two attached hydrogens (primary N) is 1. The maximum atomic E-state index is 13.8. The van der Waals surface area contributed by atoms with Gasteiger partial charge >= 0.3 is 11.9 Å². The van der Waals surface area contributed by atoms with E-state index < -0.39 is 24.0 Å². The molecule has 2 atom stereocenters. The van der Waals surface area contributed by atoms with Crippen molar-refractivity contribution < 1.29 is 33.3 Å². The van der Waals surface area contributed by atoms with Crippen molar-refractivity contribution in [3.8, 4) is 11.5 Å². The summed E-state index contributed by atoms with van der Waals surface area (Å²) in [6.45, 7) is 4.88. The van der Waals surface area contributed by atoms with Gasteiger partial charge in [-0.3, -0.25) is 0 Å². The zero-order valence-corrected chi connectivity index (χ0v) is 28.1. The van der Waals surface area contributed by atoms with Crippen molar-refractivity contribution in [1.29, 1.82) is 0 Å². The van der Waals surface area contributed by atoms with Crippen molar-refractivity contribution in [2.24, 2.45) is 5.92 Å². The highest BCUT2D eigenvalue weighted by molar-refractivity contribution is 6.31. The summed E-state index contributed by atoms with van der Waals surface area (Å²) in [5, 5.41) is 4.42. The maximum Gasteiger partial charge on any atom is 0.336 e. The summed E-state index contributed by atoms with van der Waals surface area (Å²) >= 11 is 6.69. The van der Waals surface area contributed by atoms with Crippen molar-refractivity contribution in [3.05, 3.63) is 69.5 Å². The molecular weight excluding hydrogens is 626 g/mol. The number of anilines is 2. The molecule has 3 aromatic rings. The van der Waals surface area contributed by atoms with Crippen molar-refractivity contribution >= 4 is 46.2 Å². The number of nitrogens with zero attached hydrogens (tertiary/aromatic N) is 3. The second-order valence-electron chi connectivity index (χ2n) is 11.3. The van der Waals surface area contributed by atoms with Gasteiger partial charge in [-0.15, -0.1) is 0 Å². The molecule has 250 valence electrons. The van der Waals surface area contributed by atoms with Crippen LogP contribution in [0.2, 0.25) is 5.02 Å². The Morgan fingerprint density at radius 2 is 1.70 bits per heavy atom. The Kier molecular flexibility index (Phi) is 10.4. The minimum absolute atomic E-state index is 0.00953. The van der Waals surface area contributed by atoms with Crippen molar-refractivity contribution in [2.75, 3.05) is 58.8 Å². The highest BCUT2D eigenvalue weighted by Gasteiger charge is 2.43. The monoisotopic (exact) mass is 665 g/mol. The number of benzene rings is 2. The molecule has 0 spiro atoms. The van der Waals surface area contributed by atoms with E-state index in [4.69, 9.17) is 46.0 Å². The van der Waals surface area contributed by atoms with Gasteiger partial charge in [-0.05, 0) is 50.3 Å². The molecule has 1 aromatic heterocycles. The molecule has 0 bridgehead atoms. The Balaban J connectivity index is 1.50. The molecule has 47 heavy (non-hydrogen) atoms. The largest absolute Gasteiger partial charge is 0.493 e. The summed E-state index contributed by atoms with van der Waals surface area (Å²) in [5.41, 5.74) is 9.21. The summed E-state index contributed by atoms with van der Waals surface area (Å²) in [5.74, 6) is -0.0495. The molecule has 0 amide bonds. The summed E-state index contributed by atoms with van der Waals surface area (Å²) in [4.78, 5) is 38.5. The Morgan fingerprint density at radius 1 is 1.02 bits per heavy atom. The number of piperidine rings is 1. The minimum Gasteiger partial charge on any atom is -0.493 e. The quantitative estimate of drug-likeness (QED) is 0.288. The van der Waals surface area contributed by atoms with E-state index in [0.717, 1.165) is 0 Å². The van der Waals surface area contributed by atoms with E-state index in [9.17, 15) is 9.59 Å². The van der Waals surface area contributed by atoms with E-state index in [0.29, 0.717) is 82.1 Å². The summed E-state index contributed by atoms with van der Waals surface area (Å²) in [6.07, 6.45) is 0.849. The van der Waals surface area contributed by atoms with Crippen LogP contribution in [-0.4, -0.2) is 76.1 Å². The number of carbonyl (C=O) groups excluding carboxylic acids is 2. The lowest BCUT2D eigenvalue weighted by Gasteiger charge is -2.39. The number of carbonyl (C=O) groups is 2. The van der Waals surface area contributed by atoms with Gasteiger partial charge < -0.3 is 39.6 Å². The number of methoxy groups -OCH3 is 4. The van der Waals surface area contributed by atoms with Gasteiger partial charge in [-0.25, -0.2) is 14.6 Å². The molecule has 0 radical (unpaired) electrons. The first-order chi connectivity index (χ1) is 22.7. The normalized spacial score (nSPS) is 17.8. The van der Waals surface area contributed by atoms with Crippen LogP contribution in [0.25, 0.3) is 10.9 Å². The van der Waals surface area contributed by atoms with Gasteiger partial charge in [0.2, 0.25) is 5.95 Å². The molecule has 2 aromatic carbocycles. The van der Waals surface area contributed by atoms with Crippen LogP contribution >= 0.6 is 11.6 Å². The van der Waals surface area contributed by atoms with Crippen molar-refractivity contribution in [1.82, 2.24) is 15.3 Å². The Bertz CT molecular complexity index is 1740. The standard InChI is InChI=1S/C34H40ClN5O7/c1-7-47-33(42)28-27(20-10-8-9-11-22(20)35)26(32(41)46-6)18(2)37-29(28)30(45-5)19-12-14-40(15-13-19)34-38-23-17-25(44-4)24(43-3)16-21(23)31(36)39-34/h8-11,16-17,19,27,30,37H,7,12-15H2,1-6H3,(H2,36,38,39). The topological polar surface area (TPSA) is 147 Å². The molecule has 5 rings (SSSR count). The minimum atomic E-state index is -0.839. The molecule has 1 fully saturated rings. The van der Waals surface area contributed by atoms with Gasteiger partial charge in [0.15, 0.2) is 11.5 Å².